The largest absolute Gasteiger partial charge is 0.393 e. The van der Waals surface area contributed by atoms with Gasteiger partial charge in [-0.2, -0.15) is 0 Å². The van der Waals surface area contributed by atoms with Gasteiger partial charge in [-0.05, 0) is 62.2 Å². The maximum atomic E-state index is 10.8. The van der Waals surface area contributed by atoms with Crippen molar-refractivity contribution in [3.63, 3.8) is 0 Å². The van der Waals surface area contributed by atoms with Crippen molar-refractivity contribution in [2.45, 2.75) is 70.2 Å². The number of hydrogen-bond donors (Lipinski definition) is 1. The molecule has 1 N–H and O–H groups in total. The highest BCUT2D eigenvalue weighted by Crippen LogP contribution is 2.64. The highest BCUT2D eigenvalue weighted by molar-refractivity contribution is 5.29. The van der Waals surface area contributed by atoms with Crippen LogP contribution in [0.5, 0.6) is 0 Å². The molecule has 4 aliphatic carbocycles. The Hall–Kier alpha value is -0.640. The van der Waals surface area contributed by atoms with Crippen LogP contribution < -0.4 is 0 Å². The molecule has 4 fully saturated rings. The molecule has 25 heavy (non-hydrogen) atoms. The second-order valence-corrected chi connectivity index (χ2v) is 9.26. The van der Waals surface area contributed by atoms with Gasteiger partial charge in [0.1, 0.15) is 0 Å². The van der Waals surface area contributed by atoms with E-state index in [0.29, 0.717) is 23.7 Å². The molecule has 5 aliphatic rings. The van der Waals surface area contributed by atoms with Crippen LogP contribution in [0.15, 0.2) is 23.8 Å². The topological polar surface area (TPSA) is 38.7 Å². The second-order valence-electron chi connectivity index (χ2n) is 9.26. The molecule has 1 spiro atoms. The summed E-state index contributed by atoms with van der Waals surface area (Å²) in [7, 11) is 0. The molecule has 138 valence electrons. The van der Waals surface area contributed by atoms with Crippen LogP contribution in [0.3, 0.4) is 0 Å². The van der Waals surface area contributed by atoms with E-state index in [9.17, 15) is 5.11 Å². The molecule has 0 aromatic rings. The van der Waals surface area contributed by atoms with E-state index in [-0.39, 0.29) is 17.3 Å². The number of aliphatic hydroxyl groups is 1. The molecular weight excluding hydrogens is 312 g/mol. The van der Waals surface area contributed by atoms with Gasteiger partial charge >= 0.3 is 0 Å². The van der Waals surface area contributed by atoms with Crippen molar-refractivity contribution >= 4 is 0 Å². The summed E-state index contributed by atoms with van der Waals surface area (Å²) in [6.45, 7) is 8.33. The Kier molecular flexibility index (Phi) is 3.75. The number of allylic oxidation sites excluding steroid dienone is 2. The molecule has 5 rings (SSSR count). The summed E-state index contributed by atoms with van der Waals surface area (Å²) in [5.74, 6) is 2.30. The van der Waals surface area contributed by atoms with Crippen LogP contribution in [0.4, 0.5) is 0 Å². The maximum absolute atomic E-state index is 10.8. The summed E-state index contributed by atoms with van der Waals surface area (Å²) in [5.41, 5.74) is 3.10. The van der Waals surface area contributed by atoms with Gasteiger partial charge in [0.25, 0.3) is 0 Å². The lowest BCUT2D eigenvalue weighted by Gasteiger charge is -2.55. The quantitative estimate of drug-likeness (QED) is 0.724. The van der Waals surface area contributed by atoms with Gasteiger partial charge in [-0.1, -0.05) is 30.7 Å². The Bertz CT molecular complexity index is 602. The zero-order chi connectivity index (χ0) is 17.2. The smallest absolute Gasteiger partial charge is 0.172 e. The predicted molar refractivity (Wildman–Crippen MR) is 96.9 cm³/mol. The summed E-state index contributed by atoms with van der Waals surface area (Å²) in [6, 6.07) is 0. The molecule has 1 saturated heterocycles. The number of aliphatic hydroxyl groups excluding tert-OH is 1. The van der Waals surface area contributed by atoms with Gasteiger partial charge in [-0.3, -0.25) is 0 Å². The second kappa shape index (κ2) is 5.68. The summed E-state index contributed by atoms with van der Waals surface area (Å²) < 4.78 is 12.0. The fraction of sp³-hybridized carbons (Fsp3) is 0.818. The minimum atomic E-state index is -0.318. The number of ether oxygens (including phenoxy) is 2. The zero-order valence-electron chi connectivity index (χ0n) is 15.5. The molecule has 1 unspecified atom stereocenters. The maximum Gasteiger partial charge on any atom is 0.172 e. The van der Waals surface area contributed by atoms with E-state index in [2.05, 4.69) is 19.6 Å². The monoisotopic (exact) mass is 344 g/mol. The van der Waals surface area contributed by atoms with Gasteiger partial charge in [0.05, 0.1) is 19.3 Å². The molecule has 0 amide bonds. The van der Waals surface area contributed by atoms with Crippen molar-refractivity contribution in [1.82, 2.24) is 0 Å². The lowest BCUT2D eigenvalue weighted by atomic mass is 9.50. The van der Waals surface area contributed by atoms with Gasteiger partial charge in [-0.25, -0.2) is 0 Å². The highest BCUT2D eigenvalue weighted by atomic mass is 16.7. The van der Waals surface area contributed by atoms with Crippen LogP contribution in [0.25, 0.3) is 0 Å². The summed E-state index contributed by atoms with van der Waals surface area (Å²) in [5, 5.41) is 10.8. The third kappa shape index (κ3) is 2.22. The first-order valence-corrected chi connectivity index (χ1v) is 10.4. The van der Waals surface area contributed by atoms with Gasteiger partial charge in [0, 0.05) is 18.3 Å². The van der Waals surface area contributed by atoms with Gasteiger partial charge in [-0.15, -0.1) is 0 Å². The first kappa shape index (κ1) is 16.5. The summed E-state index contributed by atoms with van der Waals surface area (Å²) >= 11 is 0. The van der Waals surface area contributed by atoms with E-state index in [1.807, 2.05) is 0 Å². The van der Waals surface area contributed by atoms with E-state index in [4.69, 9.17) is 9.47 Å². The van der Waals surface area contributed by atoms with Crippen LogP contribution in [0.1, 0.15) is 58.3 Å². The summed E-state index contributed by atoms with van der Waals surface area (Å²) in [4.78, 5) is 0. The Morgan fingerprint density at radius 3 is 2.76 bits per heavy atom. The van der Waals surface area contributed by atoms with E-state index in [1.165, 1.54) is 18.4 Å². The first-order valence-electron chi connectivity index (χ1n) is 10.4. The van der Waals surface area contributed by atoms with Crippen molar-refractivity contribution in [2.24, 2.45) is 29.1 Å². The molecule has 3 nitrogen and oxygen atoms in total. The van der Waals surface area contributed by atoms with Crippen molar-refractivity contribution in [1.29, 1.82) is 0 Å². The third-order valence-electron chi connectivity index (χ3n) is 8.50. The van der Waals surface area contributed by atoms with E-state index in [0.717, 1.165) is 51.7 Å². The Morgan fingerprint density at radius 2 is 2.00 bits per heavy atom. The van der Waals surface area contributed by atoms with Crippen LogP contribution in [-0.4, -0.2) is 30.2 Å². The molecular formula is C22H32O3. The molecule has 6 atom stereocenters. The third-order valence-corrected chi connectivity index (χ3v) is 8.50. The number of fused-ring (bicyclic) bond motifs is 5. The van der Waals surface area contributed by atoms with Crippen molar-refractivity contribution < 1.29 is 14.6 Å². The molecule has 0 bridgehead atoms. The van der Waals surface area contributed by atoms with Crippen LogP contribution in [0.2, 0.25) is 0 Å². The van der Waals surface area contributed by atoms with Crippen molar-refractivity contribution in [3.05, 3.63) is 23.8 Å². The van der Waals surface area contributed by atoms with Gasteiger partial charge < -0.3 is 14.6 Å². The normalized spacial score (nSPS) is 48.0. The van der Waals surface area contributed by atoms with Crippen LogP contribution in [0, 0.1) is 29.1 Å². The Balaban J connectivity index is 1.46. The number of hydrogen-bond acceptors (Lipinski definition) is 3. The lowest BCUT2D eigenvalue weighted by molar-refractivity contribution is -0.175. The van der Waals surface area contributed by atoms with Gasteiger partial charge in [0.2, 0.25) is 0 Å². The van der Waals surface area contributed by atoms with Crippen molar-refractivity contribution in [3.8, 4) is 0 Å². The molecule has 1 aliphatic heterocycles. The molecule has 3 heteroatoms. The Labute approximate surface area is 151 Å². The standard InChI is InChI=1S/C22H32O3/c1-3-21-12-14(2)20-16-8-9-22(24-10-11-25-22)13-15(16)4-5-17(20)18(21)6-7-19(21)23/h4,16-20,23H,2-3,5-13H2,1H3/t16-,17-,18-,19?,20+,21-/m0/s1. The van der Waals surface area contributed by atoms with Gasteiger partial charge in [0.15, 0.2) is 5.79 Å². The minimum Gasteiger partial charge on any atom is -0.393 e. The molecule has 0 radical (unpaired) electrons. The number of rotatable bonds is 1. The molecule has 3 saturated carbocycles. The SMILES string of the molecule is C=C1C[C@]2(CC)C(O)CC[C@H]2[C@@H]2CC=C3CC4(CC[C@@H]3[C@@H]12)OCCO4. The lowest BCUT2D eigenvalue weighted by Crippen LogP contribution is -2.50. The zero-order valence-corrected chi connectivity index (χ0v) is 15.5. The minimum absolute atomic E-state index is 0.108. The van der Waals surface area contributed by atoms with Crippen molar-refractivity contribution in [2.75, 3.05) is 13.2 Å². The Morgan fingerprint density at radius 1 is 1.20 bits per heavy atom. The first-order chi connectivity index (χ1) is 12.1. The molecule has 0 aromatic carbocycles. The predicted octanol–water partition coefficient (Wildman–Crippen LogP) is 4.22. The average Bonchev–Trinajstić information content (AvgIpc) is 3.20. The van der Waals surface area contributed by atoms with E-state index >= 15 is 0 Å². The molecule has 0 aromatic heterocycles. The highest BCUT2D eigenvalue weighted by Gasteiger charge is 2.59. The summed E-state index contributed by atoms with van der Waals surface area (Å²) in [6.07, 6.45) is 11.0. The average molecular weight is 344 g/mol. The van der Waals surface area contributed by atoms with Crippen LogP contribution >= 0.6 is 0 Å². The van der Waals surface area contributed by atoms with Crippen LogP contribution in [-0.2, 0) is 9.47 Å². The molecule has 1 heterocycles. The fourth-order valence-corrected chi connectivity index (χ4v) is 7.41. The van der Waals surface area contributed by atoms with E-state index < -0.39 is 0 Å². The van der Waals surface area contributed by atoms with E-state index in [1.54, 1.807) is 5.57 Å². The fourth-order valence-electron chi connectivity index (χ4n) is 7.41.